The molecule has 0 saturated carbocycles. The first-order chi connectivity index (χ1) is 12.6. The summed E-state index contributed by atoms with van der Waals surface area (Å²) in [7, 11) is 0. The standard InChI is InChI=1S/C22H20O4/c1-15-3-7-17(8-4-15)21(26-24)18-9-11-19(12-10-18)22(23)25-20-13-5-16(2)6-14-20/h3-14,21,24H,1-2H3. The van der Waals surface area contributed by atoms with E-state index in [4.69, 9.17) is 4.74 Å². The second kappa shape index (κ2) is 7.95. The lowest BCUT2D eigenvalue weighted by Gasteiger charge is -2.15. The number of aryl methyl sites for hydroxylation is 2. The van der Waals surface area contributed by atoms with Gasteiger partial charge in [0.25, 0.3) is 0 Å². The maximum absolute atomic E-state index is 12.3. The Morgan fingerprint density at radius 3 is 1.73 bits per heavy atom. The van der Waals surface area contributed by atoms with Crippen LogP contribution in [-0.2, 0) is 4.89 Å². The van der Waals surface area contributed by atoms with Gasteiger partial charge < -0.3 is 4.74 Å². The van der Waals surface area contributed by atoms with Crippen LogP contribution in [0, 0.1) is 13.8 Å². The van der Waals surface area contributed by atoms with E-state index in [0.29, 0.717) is 11.3 Å². The molecule has 0 aliphatic heterocycles. The number of ether oxygens (including phenoxy) is 1. The molecule has 0 amide bonds. The molecule has 1 unspecified atom stereocenters. The van der Waals surface area contributed by atoms with E-state index in [1.54, 1.807) is 36.4 Å². The van der Waals surface area contributed by atoms with Crippen molar-refractivity contribution in [1.29, 1.82) is 0 Å². The highest BCUT2D eigenvalue weighted by Gasteiger charge is 2.16. The second-order valence-electron chi connectivity index (χ2n) is 6.22. The largest absolute Gasteiger partial charge is 0.423 e. The fourth-order valence-electron chi connectivity index (χ4n) is 2.62. The maximum Gasteiger partial charge on any atom is 0.343 e. The van der Waals surface area contributed by atoms with Crippen molar-refractivity contribution in [2.24, 2.45) is 0 Å². The van der Waals surface area contributed by atoms with Gasteiger partial charge in [0.05, 0.1) is 5.56 Å². The van der Waals surface area contributed by atoms with Crippen LogP contribution in [0.2, 0.25) is 0 Å². The highest BCUT2D eigenvalue weighted by atomic mass is 17.1. The summed E-state index contributed by atoms with van der Waals surface area (Å²) in [5.41, 5.74) is 4.21. The molecule has 4 heteroatoms. The van der Waals surface area contributed by atoms with Gasteiger partial charge in [-0.25, -0.2) is 9.68 Å². The summed E-state index contributed by atoms with van der Waals surface area (Å²) in [6.45, 7) is 3.96. The summed E-state index contributed by atoms with van der Waals surface area (Å²) >= 11 is 0. The normalized spacial score (nSPS) is 11.8. The maximum atomic E-state index is 12.3. The molecule has 4 nitrogen and oxygen atoms in total. The molecule has 3 rings (SSSR count). The summed E-state index contributed by atoms with van der Waals surface area (Å²) < 4.78 is 5.36. The first-order valence-electron chi connectivity index (χ1n) is 8.32. The monoisotopic (exact) mass is 348 g/mol. The van der Waals surface area contributed by atoms with Crippen molar-refractivity contribution in [2.75, 3.05) is 0 Å². The Morgan fingerprint density at radius 2 is 1.23 bits per heavy atom. The first kappa shape index (κ1) is 17.9. The molecule has 0 heterocycles. The van der Waals surface area contributed by atoms with Gasteiger partial charge in [0, 0.05) is 0 Å². The van der Waals surface area contributed by atoms with Gasteiger partial charge in [0.15, 0.2) is 0 Å². The average Bonchev–Trinajstić information content (AvgIpc) is 2.66. The molecule has 3 aromatic carbocycles. The summed E-state index contributed by atoms with van der Waals surface area (Å²) in [6, 6.07) is 21.8. The average molecular weight is 348 g/mol. The molecule has 0 aliphatic carbocycles. The smallest absolute Gasteiger partial charge is 0.343 e. The Hall–Kier alpha value is -2.95. The van der Waals surface area contributed by atoms with Crippen LogP contribution in [-0.4, -0.2) is 11.2 Å². The lowest BCUT2D eigenvalue weighted by molar-refractivity contribution is -0.270. The van der Waals surface area contributed by atoms with Crippen molar-refractivity contribution in [3.05, 3.63) is 101 Å². The Balaban J connectivity index is 1.75. The van der Waals surface area contributed by atoms with Crippen LogP contribution in [0.5, 0.6) is 5.75 Å². The van der Waals surface area contributed by atoms with Crippen LogP contribution < -0.4 is 4.74 Å². The van der Waals surface area contributed by atoms with Crippen molar-refractivity contribution >= 4 is 5.97 Å². The van der Waals surface area contributed by atoms with Crippen LogP contribution in [0.1, 0.15) is 38.7 Å². The summed E-state index contributed by atoms with van der Waals surface area (Å²) in [6.07, 6.45) is -0.613. The van der Waals surface area contributed by atoms with E-state index < -0.39 is 12.1 Å². The van der Waals surface area contributed by atoms with E-state index in [0.717, 1.165) is 22.3 Å². The molecule has 0 fully saturated rings. The number of rotatable bonds is 5. The van der Waals surface area contributed by atoms with E-state index in [9.17, 15) is 10.1 Å². The number of benzene rings is 3. The molecule has 26 heavy (non-hydrogen) atoms. The van der Waals surface area contributed by atoms with Crippen molar-refractivity contribution in [1.82, 2.24) is 0 Å². The number of esters is 1. The van der Waals surface area contributed by atoms with Gasteiger partial charge in [-0.05, 0) is 49.2 Å². The molecule has 3 aromatic rings. The van der Waals surface area contributed by atoms with Gasteiger partial charge in [-0.1, -0.05) is 59.7 Å². The van der Waals surface area contributed by atoms with E-state index in [1.807, 2.05) is 50.2 Å². The molecule has 0 saturated heterocycles. The van der Waals surface area contributed by atoms with Crippen LogP contribution in [0.4, 0.5) is 0 Å². The molecule has 0 spiro atoms. The summed E-state index contributed by atoms with van der Waals surface area (Å²) in [5, 5.41) is 9.31. The van der Waals surface area contributed by atoms with E-state index >= 15 is 0 Å². The number of carbonyl (C=O) groups is 1. The third-order valence-electron chi connectivity index (χ3n) is 4.17. The minimum atomic E-state index is -0.613. The lowest BCUT2D eigenvalue weighted by atomic mass is 9.99. The molecule has 0 bridgehead atoms. The summed E-state index contributed by atoms with van der Waals surface area (Å²) in [4.78, 5) is 16.9. The zero-order chi connectivity index (χ0) is 18.5. The quantitative estimate of drug-likeness (QED) is 0.302. The minimum Gasteiger partial charge on any atom is -0.423 e. The van der Waals surface area contributed by atoms with E-state index in [-0.39, 0.29) is 0 Å². The van der Waals surface area contributed by atoms with Gasteiger partial charge in [-0.2, -0.15) is 0 Å². The van der Waals surface area contributed by atoms with Gasteiger partial charge in [-0.3, -0.25) is 5.26 Å². The van der Waals surface area contributed by atoms with Crippen LogP contribution in [0.15, 0.2) is 72.8 Å². The number of hydrogen-bond donors (Lipinski definition) is 1. The van der Waals surface area contributed by atoms with Crippen LogP contribution >= 0.6 is 0 Å². The van der Waals surface area contributed by atoms with Crippen LogP contribution in [0.25, 0.3) is 0 Å². The number of carbonyl (C=O) groups excluding carboxylic acids is 1. The first-order valence-corrected chi connectivity index (χ1v) is 8.32. The zero-order valence-corrected chi connectivity index (χ0v) is 14.7. The fourth-order valence-corrected chi connectivity index (χ4v) is 2.62. The fraction of sp³-hybridized carbons (Fsp3) is 0.136. The summed E-state index contributed by atoms with van der Waals surface area (Å²) in [5.74, 6) is 0.0677. The van der Waals surface area contributed by atoms with E-state index in [2.05, 4.69) is 4.89 Å². The van der Waals surface area contributed by atoms with Crippen molar-refractivity contribution in [3.63, 3.8) is 0 Å². The predicted molar refractivity (Wildman–Crippen MR) is 99.3 cm³/mol. The Morgan fingerprint density at radius 1 is 0.769 bits per heavy atom. The van der Waals surface area contributed by atoms with Gasteiger partial charge in [0.2, 0.25) is 0 Å². The van der Waals surface area contributed by atoms with E-state index in [1.165, 1.54) is 0 Å². The zero-order valence-electron chi connectivity index (χ0n) is 14.7. The Labute approximate surface area is 152 Å². The van der Waals surface area contributed by atoms with Gasteiger partial charge in [0.1, 0.15) is 11.9 Å². The van der Waals surface area contributed by atoms with Crippen molar-refractivity contribution in [2.45, 2.75) is 20.0 Å². The van der Waals surface area contributed by atoms with Crippen molar-refractivity contribution < 1.29 is 19.7 Å². The van der Waals surface area contributed by atoms with Crippen LogP contribution in [0.3, 0.4) is 0 Å². The third kappa shape index (κ3) is 4.17. The molecular formula is C22H20O4. The molecule has 0 aromatic heterocycles. The molecule has 0 aliphatic rings. The highest BCUT2D eigenvalue weighted by Crippen LogP contribution is 2.26. The highest BCUT2D eigenvalue weighted by molar-refractivity contribution is 5.91. The van der Waals surface area contributed by atoms with Gasteiger partial charge in [-0.15, -0.1) is 0 Å². The predicted octanol–water partition coefficient (Wildman–Crippen LogP) is 5.10. The molecule has 132 valence electrons. The lowest BCUT2D eigenvalue weighted by Crippen LogP contribution is -2.09. The number of hydrogen-bond acceptors (Lipinski definition) is 4. The second-order valence-corrected chi connectivity index (χ2v) is 6.22. The molecular weight excluding hydrogens is 328 g/mol. The Bertz CT molecular complexity index is 866. The van der Waals surface area contributed by atoms with Gasteiger partial charge >= 0.3 is 5.97 Å². The SMILES string of the molecule is Cc1ccc(OC(=O)c2ccc(C(OO)c3ccc(C)cc3)cc2)cc1. The molecule has 1 atom stereocenters. The Kier molecular flexibility index (Phi) is 5.46. The third-order valence-corrected chi connectivity index (χ3v) is 4.17. The molecule has 1 N–H and O–H groups in total. The minimum absolute atomic E-state index is 0.426. The van der Waals surface area contributed by atoms with Crippen molar-refractivity contribution in [3.8, 4) is 5.75 Å². The topological polar surface area (TPSA) is 55.8 Å². The molecule has 0 radical (unpaired) electrons.